The fourth-order valence-corrected chi connectivity index (χ4v) is 1.50. The number of fused-ring (bicyclic) bond motifs is 1. The molecule has 0 saturated carbocycles. The molecule has 3 N–H and O–H groups in total. The van der Waals surface area contributed by atoms with Gasteiger partial charge in [0.05, 0.1) is 12.7 Å². The first-order valence-electron chi connectivity index (χ1n) is 5.18. The Balaban J connectivity index is 1.86. The van der Waals surface area contributed by atoms with Crippen LogP contribution in [0.15, 0.2) is 18.2 Å². The van der Waals surface area contributed by atoms with Crippen molar-refractivity contribution in [1.29, 1.82) is 0 Å². The maximum atomic E-state index is 9.13. The van der Waals surface area contributed by atoms with Crippen LogP contribution in [0.25, 0.3) is 0 Å². The molecule has 1 aromatic carbocycles. The van der Waals surface area contributed by atoms with Gasteiger partial charge in [0.1, 0.15) is 0 Å². The van der Waals surface area contributed by atoms with Crippen molar-refractivity contribution in [2.24, 2.45) is 0 Å². The number of rotatable bonds is 5. The van der Waals surface area contributed by atoms with Gasteiger partial charge >= 0.3 is 0 Å². The van der Waals surface area contributed by atoms with Crippen LogP contribution < -0.4 is 14.8 Å². The van der Waals surface area contributed by atoms with Gasteiger partial charge in [0.25, 0.3) is 0 Å². The molecule has 0 radical (unpaired) electrons. The third kappa shape index (κ3) is 2.63. The monoisotopic (exact) mass is 225 g/mol. The van der Waals surface area contributed by atoms with Crippen LogP contribution in [0.5, 0.6) is 11.5 Å². The summed E-state index contributed by atoms with van der Waals surface area (Å²) in [4.78, 5) is 0. The van der Waals surface area contributed by atoms with Crippen LogP contribution in [0.1, 0.15) is 5.56 Å². The summed E-state index contributed by atoms with van der Waals surface area (Å²) in [5.74, 6) is 1.51. The van der Waals surface area contributed by atoms with Gasteiger partial charge in [0.15, 0.2) is 11.5 Å². The third-order valence-electron chi connectivity index (χ3n) is 2.36. The number of hydrogen-bond donors (Lipinski definition) is 3. The van der Waals surface area contributed by atoms with Gasteiger partial charge in [-0.1, -0.05) is 6.07 Å². The van der Waals surface area contributed by atoms with Gasteiger partial charge in [0, 0.05) is 13.1 Å². The molecule has 88 valence electrons. The predicted molar refractivity (Wildman–Crippen MR) is 57.4 cm³/mol. The van der Waals surface area contributed by atoms with Gasteiger partial charge in [-0.3, -0.25) is 0 Å². The second-order valence-electron chi connectivity index (χ2n) is 3.65. The molecular weight excluding hydrogens is 210 g/mol. The number of hydrogen-bond acceptors (Lipinski definition) is 5. The standard InChI is InChI=1S/C11H15NO4/c13-6-9(14)5-12-4-8-1-2-10-11(3-8)16-7-15-10/h1-3,9,12-14H,4-7H2. The first-order chi connectivity index (χ1) is 7.79. The molecule has 5 nitrogen and oxygen atoms in total. The molecule has 5 heteroatoms. The summed E-state index contributed by atoms with van der Waals surface area (Å²) in [7, 11) is 0. The zero-order valence-electron chi connectivity index (χ0n) is 8.85. The van der Waals surface area contributed by atoms with Crippen LogP contribution in [0, 0.1) is 0 Å². The van der Waals surface area contributed by atoms with Crippen LogP contribution >= 0.6 is 0 Å². The Hall–Kier alpha value is -1.30. The van der Waals surface area contributed by atoms with E-state index in [-0.39, 0.29) is 13.4 Å². The summed E-state index contributed by atoms with van der Waals surface area (Å²) in [6, 6.07) is 5.70. The van der Waals surface area contributed by atoms with Crippen molar-refractivity contribution in [1.82, 2.24) is 5.32 Å². The maximum absolute atomic E-state index is 9.13. The van der Waals surface area contributed by atoms with Crippen molar-refractivity contribution in [2.75, 3.05) is 19.9 Å². The quantitative estimate of drug-likeness (QED) is 0.650. The molecule has 1 aliphatic heterocycles. The minimum Gasteiger partial charge on any atom is -0.454 e. The molecule has 0 fully saturated rings. The molecule has 0 aliphatic carbocycles. The SMILES string of the molecule is OCC(O)CNCc1ccc2c(c1)OCO2. The number of ether oxygens (including phenoxy) is 2. The van der Waals surface area contributed by atoms with Crippen LogP contribution in [0.2, 0.25) is 0 Å². The molecule has 16 heavy (non-hydrogen) atoms. The highest BCUT2D eigenvalue weighted by molar-refractivity contribution is 5.44. The summed E-state index contributed by atoms with van der Waals surface area (Å²) < 4.78 is 10.4. The number of aliphatic hydroxyl groups excluding tert-OH is 2. The van der Waals surface area contributed by atoms with Crippen LogP contribution in [-0.2, 0) is 6.54 Å². The Labute approximate surface area is 93.6 Å². The minimum atomic E-state index is -0.714. The summed E-state index contributed by atoms with van der Waals surface area (Å²) in [5.41, 5.74) is 1.05. The molecule has 1 atom stereocenters. The van der Waals surface area contributed by atoms with E-state index in [1.54, 1.807) is 0 Å². The average molecular weight is 225 g/mol. The Morgan fingerprint density at radius 2 is 2.12 bits per heavy atom. The zero-order valence-corrected chi connectivity index (χ0v) is 8.85. The number of aliphatic hydroxyl groups is 2. The van der Waals surface area contributed by atoms with E-state index in [1.807, 2.05) is 18.2 Å². The zero-order chi connectivity index (χ0) is 11.4. The Morgan fingerprint density at radius 1 is 1.31 bits per heavy atom. The van der Waals surface area contributed by atoms with Gasteiger partial charge in [-0.2, -0.15) is 0 Å². The molecule has 0 amide bonds. The smallest absolute Gasteiger partial charge is 0.231 e. The van der Waals surface area contributed by atoms with Crippen LogP contribution in [0.3, 0.4) is 0 Å². The topological polar surface area (TPSA) is 71.0 Å². The van der Waals surface area contributed by atoms with E-state index in [4.69, 9.17) is 19.7 Å². The molecule has 0 aromatic heterocycles. The summed E-state index contributed by atoms with van der Waals surface area (Å²) >= 11 is 0. The van der Waals surface area contributed by atoms with E-state index in [0.717, 1.165) is 17.1 Å². The second kappa shape index (κ2) is 5.16. The summed E-state index contributed by atoms with van der Waals surface area (Å²) in [5, 5.41) is 20.8. The molecule has 1 aromatic rings. The van der Waals surface area contributed by atoms with Crippen molar-refractivity contribution in [3.05, 3.63) is 23.8 Å². The lowest BCUT2D eigenvalue weighted by Gasteiger charge is -2.09. The lowest BCUT2D eigenvalue weighted by molar-refractivity contribution is 0.0942. The Bertz CT molecular complexity index is 356. The molecule has 0 spiro atoms. The van der Waals surface area contributed by atoms with E-state index < -0.39 is 6.10 Å². The van der Waals surface area contributed by atoms with Gasteiger partial charge in [-0.05, 0) is 17.7 Å². The molecule has 0 bridgehead atoms. The third-order valence-corrected chi connectivity index (χ3v) is 2.36. The second-order valence-corrected chi connectivity index (χ2v) is 3.65. The highest BCUT2D eigenvalue weighted by Crippen LogP contribution is 2.32. The highest BCUT2D eigenvalue weighted by Gasteiger charge is 2.12. The Kier molecular flexibility index (Phi) is 3.61. The molecule has 2 rings (SSSR count). The van der Waals surface area contributed by atoms with Gasteiger partial charge < -0.3 is 25.0 Å². The highest BCUT2D eigenvalue weighted by atomic mass is 16.7. The van der Waals surface area contributed by atoms with Crippen molar-refractivity contribution in [3.8, 4) is 11.5 Å². The molecule has 1 heterocycles. The average Bonchev–Trinajstić information content (AvgIpc) is 2.76. The molecule has 1 aliphatic rings. The van der Waals surface area contributed by atoms with E-state index >= 15 is 0 Å². The molecule has 1 unspecified atom stereocenters. The van der Waals surface area contributed by atoms with Crippen molar-refractivity contribution in [2.45, 2.75) is 12.6 Å². The minimum absolute atomic E-state index is 0.228. The van der Waals surface area contributed by atoms with Crippen LogP contribution in [-0.4, -0.2) is 36.3 Å². The van der Waals surface area contributed by atoms with E-state index in [2.05, 4.69) is 5.32 Å². The van der Waals surface area contributed by atoms with E-state index in [9.17, 15) is 0 Å². The molecular formula is C11H15NO4. The van der Waals surface area contributed by atoms with E-state index in [0.29, 0.717) is 13.1 Å². The lowest BCUT2D eigenvalue weighted by atomic mass is 10.2. The molecule has 0 saturated heterocycles. The first kappa shape index (κ1) is 11.2. The fourth-order valence-electron chi connectivity index (χ4n) is 1.50. The number of nitrogens with one attached hydrogen (secondary N) is 1. The Morgan fingerprint density at radius 3 is 2.94 bits per heavy atom. The summed E-state index contributed by atoms with van der Waals surface area (Å²) in [6.07, 6.45) is -0.714. The largest absolute Gasteiger partial charge is 0.454 e. The fraction of sp³-hybridized carbons (Fsp3) is 0.455. The first-order valence-corrected chi connectivity index (χ1v) is 5.18. The van der Waals surface area contributed by atoms with Gasteiger partial charge in [-0.25, -0.2) is 0 Å². The van der Waals surface area contributed by atoms with Crippen molar-refractivity contribution in [3.63, 3.8) is 0 Å². The van der Waals surface area contributed by atoms with Crippen molar-refractivity contribution < 1.29 is 19.7 Å². The van der Waals surface area contributed by atoms with Crippen LogP contribution in [0.4, 0.5) is 0 Å². The van der Waals surface area contributed by atoms with Gasteiger partial charge in [-0.15, -0.1) is 0 Å². The van der Waals surface area contributed by atoms with E-state index in [1.165, 1.54) is 0 Å². The van der Waals surface area contributed by atoms with Gasteiger partial charge in [0.2, 0.25) is 6.79 Å². The predicted octanol–water partition coefficient (Wildman–Crippen LogP) is -0.142. The van der Waals surface area contributed by atoms with Crippen molar-refractivity contribution >= 4 is 0 Å². The normalized spacial score (nSPS) is 15.1. The lowest BCUT2D eigenvalue weighted by Crippen LogP contribution is -2.28. The summed E-state index contributed by atoms with van der Waals surface area (Å²) in [6.45, 7) is 1.03. The number of benzene rings is 1. The maximum Gasteiger partial charge on any atom is 0.231 e.